The maximum atomic E-state index is 10.4. The minimum atomic E-state index is -1.21. The van der Waals surface area contributed by atoms with Crippen molar-refractivity contribution in [2.75, 3.05) is 6.54 Å². The second-order valence-electron chi connectivity index (χ2n) is 5.89. The van der Waals surface area contributed by atoms with E-state index in [2.05, 4.69) is 16.4 Å². The van der Waals surface area contributed by atoms with E-state index in [0.717, 1.165) is 6.54 Å². The number of nitro groups is 3. The molecule has 3 rings (SSSR count). The maximum absolute atomic E-state index is 10.4. The predicted octanol–water partition coefficient (Wildman–Crippen LogP) is 3.01. The molecule has 1 aliphatic heterocycles. The fourth-order valence-corrected chi connectivity index (χ4v) is 2.69. The highest BCUT2D eigenvalue weighted by molar-refractivity contribution is 5.64. The Morgan fingerprint density at radius 2 is 1.68 bits per heavy atom. The number of non-ortho nitro benzene ring substituents is 1. The van der Waals surface area contributed by atoms with Crippen LogP contribution in [0.1, 0.15) is 30.9 Å². The highest BCUT2D eigenvalue weighted by Crippen LogP contribution is 2.38. The van der Waals surface area contributed by atoms with E-state index in [1.54, 1.807) is 0 Å². The van der Waals surface area contributed by atoms with Crippen LogP contribution in [0.2, 0.25) is 0 Å². The number of rotatable bonds is 4. The van der Waals surface area contributed by atoms with Crippen LogP contribution in [0.3, 0.4) is 0 Å². The molecule has 12 nitrogen and oxygen atoms in total. The number of pyridine rings is 1. The number of phenolic OH excluding ortho intramolecular Hbond substituents is 1. The predicted molar refractivity (Wildman–Crippen MR) is 96.9 cm³/mol. The van der Waals surface area contributed by atoms with Crippen molar-refractivity contribution in [1.29, 1.82) is 0 Å². The third kappa shape index (κ3) is 5.17. The molecule has 1 fully saturated rings. The Balaban J connectivity index is 0.000000207. The molecule has 0 saturated carbocycles. The van der Waals surface area contributed by atoms with Crippen LogP contribution in [0.4, 0.5) is 17.1 Å². The van der Waals surface area contributed by atoms with E-state index in [4.69, 9.17) is 5.11 Å². The van der Waals surface area contributed by atoms with Gasteiger partial charge in [-0.1, -0.05) is 12.5 Å². The first kappa shape index (κ1) is 20.6. The van der Waals surface area contributed by atoms with Crippen LogP contribution in [0.25, 0.3) is 0 Å². The molecule has 1 aromatic heterocycles. The van der Waals surface area contributed by atoms with Crippen LogP contribution < -0.4 is 5.32 Å². The average molecular weight is 391 g/mol. The first-order valence-corrected chi connectivity index (χ1v) is 8.24. The second-order valence-corrected chi connectivity index (χ2v) is 5.89. The smallest absolute Gasteiger partial charge is 0.324 e. The molecule has 1 atom stereocenters. The van der Waals surface area contributed by atoms with E-state index < -0.39 is 37.6 Å². The minimum absolute atomic E-state index is 0.447. The lowest BCUT2D eigenvalue weighted by molar-refractivity contribution is -0.404. The molecule has 0 unspecified atom stereocenters. The van der Waals surface area contributed by atoms with E-state index in [0.29, 0.717) is 18.2 Å². The van der Waals surface area contributed by atoms with Gasteiger partial charge < -0.3 is 10.4 Å². The number of phenols is 1. The normalized spacial score (nSPS) is 15.8. The standard InChI is InChI=1S/C10H14N2.C6H3N3O7/c1-2-7-12-10(5-1)9-4-3-6-11-8-9;10-6-4(8(13)14)1-3(7(11)12)2-5(6)9(15)16/h3-4,6,8,10,12H,1-2,5,7H2;1-2,10H/t10-;/m0./s1. The minimum Gasteiger partial charge on any atom is -0.497 e. The molecule has 0 radical (unpaired) electrons. The van der Waals surface area contributed by atoms with E-state index in [1.807, 2.05) is 18.5 Å². The van der Waals surface area contributed by atoms with Crippen molar-refractivity contribution < 1.29 is 19.9 Å². The highest BCUT2D eigenvalue weighted by atomic mass is 16.6. The van der Waals surface area contributed by atoms with Crippen molar-refractivity contribution in [3.8, 4) is 5.75 Å². The Bertz CT molecular complexity index is 834. The van der Waals surface area contributed by atoms with Gasteiger partial charge >= 0.3 is 11.4 Å². The zero-order chi connectivity index (χ0) is 20.7. The number of hydrogen-bond donors (Lipinski definition) is 2. The van der Waals surface area contributed by atoms with Crippen LogP contribution >= 0.6 is 0 Å². The van der Waals surface area contributed by atoms with E-state index >= 15 is 0 Å². The summed E-state index contributed by atoms with van der Waals surface area (Å²) in [6, 6.07) is 5.60. The zero-order valence-electron chi connectivity index (χ0n) is 14.6. The third-order valence-electron chi connectivity index (χ3n) is 4.06. The molecular formula is C16H17N5O7. The first-order chi connectivity index (χ1) is 13.3. The Kier molecular flexibility index (Phi) is 6.87. The van der Waals surface area contributed by atoms with Crippen LogP contribution in [-0.4, -0.2) is 31.4 Å². The number of piperidine rings is 1. The quantitative estimate of drug-likeness (QED) is 0.586. The molecule has 1 saturated heterocycles. The van der Waals surface area contributed by atoms with Gasteiger partial charge in [0.15, 0.2) is 0 Å². The van der Waals surface area contributed by atoms with Gasteiger partial charge in [0, 0.05) is 18.4 Å². The van der Waals surface area contributed by atoms with Gasteiger partial charge in [-0.3, -0.25) is 35.3 Å². The molecule has 2 aromatic rings. The van der Waals surface area contributed by atoms with Crippen molar-refractivity contribution in [1.82, 2.24) is 10.3 Å². The van der Waals surface area contributed by atoms with Crippen LogP contribution in [0.15, 0.2) is 36.7 Å². The second kappa shape index (κ2) is 9.32. The average Bonchev–Trinajstić information content (AvgIpc) is 2.69. The van der Waals surface area contributed by atoms with Gasteiger partial charge in [-0.25, -0.2) is 0 Å². The van der Waals surface area contributed by atoms with Crippen LogP contribution in [-0.2, 0) is 0 Å². The molecule has 0 aliphatic carbocycles. The topological polar surface area (TPSA) is 175 Å². The lowest BCUT2D eigenvalue weighted by Crippen LogP contribution is -2.26. The van der Waals surface area contributed by atoms with Crippen LogP contribution in [0.5, 0.6) is 5.75 Å². The molecular weight excluding hydrogens is 374 g/mol. The van der Waals surface area contributed by atoms with Crippen LogP contribution in [0, 0.1) is 30.3 Å². The van der Waals surface area contributed by atoms with Crippen molar-refractivity contribution >= 4 is 17.1 Å². The molecule has 0 bridgehead atoms. The molecule has 1 aliphatic rings. The Morgan fingerprint density at radius 3 is 2.11 bits per heavy atom. The first-order valence-electron chi connectivity index (χ1n) is 8.24. The van der Waals surface area contributed by atoms with Gasteiger partial charge in [-0.05, 0) is 31.0 Å². The summed E-state index contributed by atoms with van der Waals surface area (Å²) in [6.07, 6.45) is 7.70. The molecule has 28 heavy (non-hydrogen) atoms. The lowest BCUT2D eigenvalue weighted by Gasteiger charge is -2.23. The third-order valence-corrected chi connectivity index (χ3v) is 4.06. The molecule has 0 amide bonds. The monoisotopic (exact) mass is 391 g/mol. The summed E-state index contributed by atoms with van der Waals surface area (Å²) < 4.78 is 0. The Labute approximate surface area is 158 Å². The van der Waals surface area contributed by atoms with Gasteiger partial charge in [0.2, 0.25) is 0 Å². The molecule has 1 aromatic carbocycles. The van der Waals surface area contributed by atoms with E-state index in [1.165, 1.54) is 24.8 Å². The molecule has 12 heteroatoms. The number of aromatic nitrogens is 1. The summed E-state index contributed by atoms with van der Waals surface area (Å²) in [7, 11) is 0. The molecule has 0 spiro atoms. The van der Waals surface area contributed by atoms with Crippen molar-refractivity contribution in [3.63, 3.8) is 0 Å². The van der Waals surface area contributed by atoms with Gasteiger partial charge in [0.05, 0.1) is 26.9 Å². The van der Waals surface area contributed by atoms with Crippen molar-refractivity contribution in [2.24, 2.45) is 0 Å². The van der Waals surface area contributed by atoms with E-state index in [9.17, 15) is 30.3 Å². The molecule has 148 valence electrons. The summed E-state index contributed by atoms with van der Waals surface area (Å²) in [5, 5.41) is 43.7. The number of nitrogens with zero attached hydrogens (tertiary/aromatic N) is 4. The molecule has 2 heterocycles. The summed E-state index contributed by atoms with van der Waals surface area (Å²) in [5.41, 5.74) is -1.67. The maximum Gasteiger partial charge on any atom is 0.324 e. The van der Waals surface area contributed by atoms with Gasteiger partial charge in [-0.2, -0.15) is 0 Å². The zero-order valence-corrected chi connectivity index (χ0v) is 14.6. The Morgan fingerprint density at radius 1 is 1.04 bits per heavy atom. The number of nitrogens with one attached hydrogen (secondary N) is 1. The van der Waals surface area contributed by atoms with Crippen molar-refractivity contribution in [2.45, 2.75) is 25.3 Å². The lowest BCUT2D eigenvalue weighted by atomic mass is 9.99. The number of hydrogen-bond acceptors (Lipinski definition) is 9. The number of aromatic hydroxyl groups is 1. The Hall–Kier alpha value is -3.67. The summed E-state index contributed by atoms with van der Waals surface area (Å²) >= 11 is 0. The SMILES string of the molecule is O=[N+]([O-])c1cc([N+](=O)[O-])c(O)c([N+](=O)[O-])c1.c1cncc([C@@H]2CCCCN2)c1. The summed E-state index contributed by atoms with van der Waals surface area (Å²) in [5.74, 6) is -1.21. The fourth-order valence-electron chi connectivity index (χ4n) is 2.69. The van der Waals surface area contributed by atoms with Crippen molar-refractivity contribution in [3.05, 3.63) is 72.6 Å². The summed E-state index contributed by atoms with van der Waals surface area (Å²) in [4.78, 5) is 31.9. The van der Waals surface area contributed by atoms with Gasteiger partial charge in [0.1, 0.15) is 0 Å². The van der Waals surface area contributed by atoms with Gasteiger partial charge in [-0.15, -0.1) is 0 Å². The fraction of sp³-hybridized carbons (Fsp3) is 0.312. The largest absolute Gasteiger partial charge is 0.497 e. The summed E-state index contributed by atoms with van der Waals surface area (Å²) in [6.45, 7) is 1.15. The highest BCUT2D eigenvalue weighted by Gasteiger charge is 2.30. The number of nitro benzene ring substituents is 3. The van der Waals surface area contributed by atoms with Gasteiger partial charge in [0.25, 0.3) is 11.4 Å². The van der Waals surface area contributed by atoms with E-state index in [-0.39, 0.29) is 0 Å². The molecule has 2 N–H and O–H groups in total. The number of benzene rings is 1.